The molecule has 0 bridgehead atoms. The lowest BCUT2D eigenvalue weighted by atomic mass is 10.0. The Hall–Kier alpha value is -3.61. The molecule has 0 unspecified atom stereocenters. The minimum absolute atomic E-state index is 0.350. The van der Waals surface area contributed by atoms with Crippen molar-refractivity contribution in [1.82, 2.24) is 24.4 Å². The third-order valence-electron chi connectivity index (χ3n) is 5.90. The van der Waals surface area contributed by atoms with Gasteiger partial charge in [-0.1, -0.05) is 30.8 Å². The van der Waals surface area contributed by atoms with Crippen LogP contribution in [0.2, 0.25) is 0 Å². The van der Waals surface area contributed by atoms with E-state index in [0.717, 1.165) is 59.8 Å². The van der Waals surface area contributed by atoms with E-state index in [1.165, 1.54) is 0 Å². The molecule has 1 aromatic carbocycles. The molecule has 1 fully saturated rings. The normalized spacial score (nSPS) is 13.8. The van der Waals surface area contributed by atoms with Crippen molar-refractivity contribution in [1.29, 1.82) is 0 Å². The summed E-state index contributed by atoms with van der Waals surface area (Å²) >= 11 is 0. The fourth-order valence-electron chi connectivity index (χ4n) is 4.13. The number of methoxy groups -OCH3 is 1. The van der Waals surface area contributed by atoms with Gasteiger partial charge in [0.05, 0.1) is 18.5 Å². The fourth-order valence-corrected chi connectivity index (χ4v) is 4.13. The second-order valence-electron chi connectivity index (χ2n) is 8.08. The highest BCUT2D eigenvalue weighted by atomic mass is 16.5. The Bertz CT molecular complexity index is 1100. The standard InChI is InChI=1S/C24H30N6O.C2H4/c1-16(2)30-14-11-18(12-15-30)26-23-25-13-10-20(27-23)22-21(28-24(31-5)29(22)4)19-9-7-6-8-17(19)3;1-2/h6-10,13,18H,1,11-12,14-15H2,2-5H3,(H,25,26,27);1-2H2. The largest absolute Gasteiger partial charge is 0.468 e. The van der Waals surface area contributed by atoms with Gasteiger partial charge in [-0.25, -0.2) is 9.97 Å². The summed E-state index contributed by atoms with van der Waals surface area (Å²) in [6.45, 7) is 16.2. The number of piperidine rings is 1. The Labute approximate surface area is 196 Å². The van der Waals surface area contributed by atoms with E-state index in [4.69, 9.17) is 14.7 Å². The predicted octanol–water partition coefficient (Wildman–Crippen LogP) is 5.07. The molecule has 0 aliphatic carbocycles. The van der Waals surface area contributed by atoms with Crippen molar-refractivity contribution in [2.75, 3.05) is 25.5 Å². The van der Waals surface area contributed by atoms with Gasteiger partial charge in [0, 0.05) is 43.6 Å². The molecule has 7 nitrogen and oxygen atoms in total. The van der Waals surface area contributed by atoms with Crippen LogP contribution in [0.15, 0.2) is 62.0 Å². The predicted molar refractivity (Wildman–Crippen MR) is 135 cm³/mol. The number of anilines is 1. The number of benzene rings is 1. The van der Waals surface area contributed by atoms with Crippen molar-refractivity contribution in [2.24, 2.45) is 7.05 Å². The number of rotatable bonds is 6. The van der Waals surface area contributed by atoms with Gasteiger partial charge in [-0.3, -0.25) is 4.57 Å². The zero-order valence-corrected chi connectivity index (χ0v) is 20.1. The molecular formula is C26H34N6O. The molecule has 0 atom stereocenters. The van der Waals surface area contributed by atoms with Crippen LogP contribution in [0.1, 0.15) is 25.3 Å². The molecule has 3 heterocycles. The molecular weight excluding hydrogens is 412 g/mol. The number of ether oxygens (including phenoxy) is 1. The maximum absolute atomic E-state index is 5.51. The van der Waals surface area contributed by atoms with Crippen LogP contribution in [0.5, 0.6) is 6.01 Å². The summed E-state index contributed by atoms with van der Waals surface area (Å²) in [6.07, 6.45) is 3.87. The van der Waals surface area contributed by atoms with Gasteiger partial charge in [0.2, 0.25) is 5.95 Å². The Balaban J connectivity index is 0.00000149. The first-order valence-electron chi connectivity index (χ1n) is 11.1. The summed E-state index contributed by atoms with van der Waals surface area (Å²) in [4.78, 5) is 16.4. The molecule has 0 spiro atoms. The average Bonchev–Trinajstić information content (AvgIpc) is 3.17. The average molecular weight is 447 g/mol. The molecule has 174 valence electrons. The molecule has 3 aromatic rings. The summed E-state index contributed by atoms with van der Waals surface area (Å²) in [5.41, 5.74) is 5.93. The number of allylic oxidation sites excluding steroid dienone is 1. The number of aryl methyl sites for hydroxylation is 1. The first kappa shape index (κ1) is 24.0. The first-order valence-corrected chi connectivity index (χ1v) is 11.1. The van der Waals surface area contributed by atoms with Gasteiger partial charge in [0.25, 0.3) is 6.01 Å². The van der Waals surface area contributed by atoms with Crippen molar-refractivity contribution in [2.45, 2.75) is 32.7 Å². The SMILES string of the molecule is C=C.C=C(C)N1CCC(Nc2nccc(-c3c(-c4ccccc4C)nc(OC)n3C)n2)CC1. The van der Waals surface area contributed by atoms with Crippen molar-refractivity contribution in [3.05, 3.63) is 67.5 Å². The molecule has 0 radical (unpaired) electrons. The van der Waals surface area contributed by atoms with E-state index in [2.05, 4.69) is 60.9 Å². The monoisotopic (exact) mass is 446 g/mol. The van der Waals surface area contributed by atoms with E-state index in [9.17, 15) is 0 Å². The highest BCUT2D eigenvalue weighted by Gasteiger charge is 2.22. The third kappa shape index (κ3) is 5.25. The summed E-state index contributed by atoms with van der Waals surface area (Å²) in [6, 6.07) is 11.0. The highest BCUT2D eigenvalue weighted by molar-refractivity contribution is 5.79. The van der Waals surface area contributed by atoms with Gasteiger partial charge in [-0.15, -0.1) is 13.2 Å². The summed E-state index contributed by atoms with van der Waals surface area (Å²) in [7, 11) is 3.59. The van der Waals surface area contributed by atoms with Crippen LogP contribution in [-0.4, -0.2) is 50.7 Å². The minimum atomic E-state index is 0.350. The Morgan fingerprint density at radius 1 is 1.12 bits per heavy atom. The van der Waals surface area contributed by atoms with Crippen LogP contribution >= 0.6 is 0 Å². The number of aromatic nitrogens is 4. The van der Waals surface area contributed by atoms with Gasteiger partial charge in [-0.2, -0.15) is 4.98 Å². The van der Waals surface area contributed by atoms with Crippen LogP contribution in [0.3, 0.4) is 0 Å². The fraction of sp³-hybridized carbons (Fsp3) is 0.346. The van der Waals surface area contributed by atoms with E-state index in [1.807, 2.05) is 29.8 Å². The lowest BCUT2D eigenvalue weighted by Crippen LogP contribution is -2.38. The second-order valence-corrected chi connectivity index (χ2v) is 8.08. The molecule has 7 heteroatoms. The summed E-state index contributed by atoms with van der Waals surface area (Å²) < 4.78 is 7.45. The van der Waals surface area contributed by atoms with E-state index in [-0.39, 0.29) is 0 Å². The lowest BCUT2D eigenvalue weighted by molar-refractivity contribution is 0.273. The highest BCUT2D eigenvalue weighted by Crippen LogP contribution is 2.35. The lowest BCUT2D eigenvalue weighted by Gasteiger charge is -2.34. The molecule has 2 aromatic heterocycles. The van der Waals surface area contributed by atoms with E-state index in [0.29, 0.717) is 18.0 Å². The molecule has 33 heavy (non-hydrogen) atoms. The maximum Gasteiger partial charge on any atom is 0.296 e. The van der Waals surface area contributed by atoms with Gasteiger partial charge < -0.3 is 15.0 Å². The molecule has 1 saturated heterocycles. The van der Waals surface area contributed by atoms with E-state index in [1.54, 1.807) is 13.3 Å². The molecule has 0 saturated carbocycles. The van der Waals surface area contributed by atoms with Crippen molar-refractivity contribution < 1.29 is 4.74 Å². The number of nitrogens with one attached hydrogen (secondary N) is 1. The van der Waals surface area contributed by atoms with Crippen molar-refractivity contribution >= 4 is 5.95 Å². The summed E-state index contributed by atoms with van der Waals surface area (Å²) in [5.74, 6) is 0.641. The van der Waals surface area contributed by atoms with Crippen molar-refractivity contribution in [3.63, 3.8) is 0 Å². The quantitative estimate of drug-likeness (QED) is 0.533. The van der Waals surface area contributed by atoms with Gasteiger partial charge >= 0.3 is 0 Å². The molecule has 4 rings (SSSR count). The van der Waals surface area contributed by atoms with Gasteiger partial charge in [0.15, 0.2) is 0 Å². The Morgan fingerprint density at radius 2 is 1.82 bits per heavy atom. The first-order chi connectivity index (χ1) is 16.0. The number of nitrogens with zero attached hydrogens (tertiary/aromatic N) is 5. The van der Waals surface area contributed by atoms with Crippen LogP contribution in [0.4, 0.5) is 5.95 Å². The van der Waals surface area contributed by atoms with E-state index >= 15 is 0 Å². The van der Waals surface area contributed by atoms with Crippen LogP contribution in [0.25, 0.3) is 22.6 Å². The molecule has 1 N–H and O–H groups in total. The van der Waals surface area contributed by atoms with Crippen LogP contribution in [0, 0.1) is 6.92 Å². The third-order valence-corrected chi connectivity index (χ3v) is 5.90. The van der Waals surface area contributed by atoms with Crippen LogP contribution < -0.4 is 10.1 Å². The molecule has 1 aliphatic heterocycles. The van der Waals surface area contributed by atoms with Crippen LogP contribution in [-0.2, 0) is 7.05 Å². The molecule has 0 amide bonds. The topological polar surface area (TPSA) is 68.1 Å². The van der Waals surface area contributed by atoms with Gasteiger partial charge in [0.1, 0.15) is 5.69 Å². The van der Waals surface area contributed by atoms with Gasteiger partial charge in [-0.05, 0) is 38.3 Å². The number of hydrogen-bond acceptors (Lipinski definition) is 6. The Morgan fingerprint density at radius 3 is 2.45 bits per heavy atom. The number of hydrogen-bond donors (Lipinski definition) is 1. The second kappa shape index (κ2) is 10.8. The smallest absolute Gasteiger partial charge is 0.296 e. The maximum atomic E-state index is 5.51. The van der Waals surface area contributed by atoms with Crippen molar-refractivity contribution in [3.8, 4) is 28.7 Å². The number of likely N-dealkylation sites (tertiary alicyclic amines) is 1. The van der Waals surface area contributed by atoms with E-state index < -0.39 is 0 Å². The number of imidazole rings is 1. The zero-order chi connectivity index (χ0) is 24.0. The Kier molecular flexibility index (Phi) is 7.87. The minimum Gasteiger partial charge on any atom is -0.468 e. The zero-order valence-electron chi connectivity index (χ0n) is 20.1. The molecule has 1 aliphatic rings. The summed E-state index contributed by atoms with van der Waals surface area (Å²) in [5, 5.41) is 3.52.